The molecule has 4 aliphatic rings. The zero-order valence-corrected chi connectivity index (χ0v) is 22.9. The molecule has 5 heterocycles. The van der Waals surface area contributed by atoms with E-state index >= 15 is 4.39 Å². The summed E-state index contributed by atoms with van der Waals surface area (Å²) in [6.45, 7) is 6.42. The van der Waals surface area contributed by atoms with Crippen LogP contribution in [0.3, 0.4) is 0 Å². The molecule has 40 heavy (non-hydrogen) atoms. The van der Waals surface area contributed by atoms with Gasteiger partial charge in [0.2, 0.25) is 0 Å². The van der Waals surface area contributed by atoms with E-state index in [2.05, 4.69) is 22.3 Å². The summed E-state index contributed by atoms with van der Waals surface area (Å²) < 4.78 is 27.0. The first-order valence-corrected chi connectivity index (χ1v) is 14.8. The van der Waals surface area contributed by atoms with Gasteiger partial charge in [0.1, 0.15) is 23.2 Å². The number of carbonyl (C=O) groups excluding carboxylic acids is 1. The molecule has 8 heteroatoms. The summed E-state index contributed by atoms with van der Waals surface area (Å²) in [6.07, 6.45) is 5.04. The van der Waals surface area contributed by atoms with Crippen LogP contribution in [0.5, 0.6) is 5.75 Å². The summed E-state index contributed by atoms with van der Waals surface area (Å²) in [6, 6.07) is 14.0. The number of rotatable bonds is 6. The van der Waals surface area contributed by atoms with E-state index in [1.807, 2.05) is 29.2 Å². The van der Waals surface area contributed by atoms with Gasteiger partial charge in [0, 0.05) is 74.5 Å². The molecule has 7 rings (SSSR count). The van der Waals surface area contributed by atoms with E-state index in [9.17, 15) is 4.79 Å². The SMILES string of the molecule is O=C1c2ccc(O[C@H]3CCN(Cc4cc(F)c5nc(C6CCOCC6)ccc5c4)C3)cc2CN1[C@H]1CCCNC1. The van der Waals surface area contributed by atoms with Gasteiger partial charge in [0.25, 0.3) is 5.91 Å². The van der Waals surface area contributed by atoms with Crippen molar-refractivity contribution in [3.05, 3.63) is 70.7 Å². The quantitative estimate of drug-likeness (QED) is 0.488. The number of carbonyl (C=O) groups is 1. The predicted molar refractivity (Wildman–Crippen MR) is 151 cm³/mol. The van der Waals surface area contributed by atoms with Crippen molar-refractivity contribution in [1.82, 2.24) is 20.1 Å². The Morgan fingerprint density at radius 2 is 1.98 bits per heavy atom. The molecule has 0 unspecified atom stereocenters. The molecule has 2 aromatic carbocycles. The molecule has 2 atom stereocenters. The highest BCUT2D eigenvalue weighted by Gasteiger charge is 2.34. The van der Waals surface area contributed by atoms with Crippen LogP contribution in [-0.2, 0) is 17.8 Å². The Labute approximate surface area is 234 Å². The molecule has 0 spiro atoms. The van der Waals surface area contributed by atoms with Gasteiger partial charge >= 0.3 is 0 Å². The van der Waals surface area contributed by atoms with Crippen LogP contribution in [0.4, 0.5) is 4.39 Å². The van der Waals surface area contributed by atoms with Crippen LogP contribution in [0.15, 0.2) is 42.5 Å². The number of likely N-dealkylation sites (tertiary alicyclic amines) is 1. The van der Waals surface area contributed by atoms with Gasteiger partial charge in [-0.05, 0) is 86.2 Å². The zero-order chi connectivity index (χ0) is 27.1. The van der Waals surface area contributed by atoms with Gasteiger partial charge in [0.15, 0.2) is 0 Å². The van der Waals surface area contributed by atoms with Crippen LogP contribution in [-0.4, -0.2) is 72.2 Å². The van der Waals surface area contributed by atoms with Crippen molar-refractivity contribution < 1.29 is 18.7 Å². The van der Waals surface area contributed by atoms with Crippen molar-refractivity contribution >= 4 is 16.8 Å². The number of hydrogen-bond donors (Lipinski definition) is 1. The second kappa shape index (κ2) is 11.1. The molecule has 7 nitrogen and oxygen atoms in total. The van der Waals surface area contributed by atoms with Crippen molar-refractivity contribution in [2.45, 2.75) is 63.3 Å². The Balaban J connectivity index is 0.977. The first kappa shape index (κ1) is 25.9. The van der Waals surface area contributed by atoms with Crippen LogP contribution in [0.25, 0.3) is 10.9 Å². The van der Waals surface area contributed by atoms with Gasteiger partial charge in [-0.1, -0.05) is 6.07 Å². The van der Waals surface area contributed by atoms with Gasteiger partial charge in [0.05, 0.1) is 0 Å². The maximum Gasteiger partial charge on any atom is 0.254 e. The summed E-state index contributed by atoms with van der Waals surface area (Å²) >= 11 is 0. The minimum absolute atomic E-state index is 0.0720. The Morgan fingerprint density at radius 1 is 1.07 bits per heavy atom. The molecule has 3 saturated heterocycles. The number of ether oxygens (including phenoxy) is 2. The number of nitrogens with zero attached hydrogens (tertiary/aromatic N) is 3. The van der Waals surface area contributed by atoms with Crippen molar-refractivity contribution in [2.24, 2.45) is 0 Å². The van der Waals surface area contributed by atoms with E-state index in [1.165, 1.54) is 0 Å². The van der Waals surface area contributed by atoms with Crippen LogP contribution >= 0.6 is 0 Å². The number of nitrogens with one attached hydrogen (secondary N) is 1. The summed E-state index contributed by atoms with van der Waals surface area (Å²) in [7, 11) is 0. The van der Waals surface area contributed by atoms with Crippen LogP contribution in [0.2, 0.25) is 0 Å². The second-order valence-corrected chi connectivity index (χ2v) is 11.8. The van der Waals surface area contributed by atoms with Gasteiger partial charge in [-0.2, -0.15) is 0 Å². The molecule has 3 fully saturated rings. The Morgan fingerprint density at radius 3 is 2.83 bits per heavy atom. The third kappa shape index (κ3) is 5.20. The smallest absolute Gasteiger partial charge is 0.254 e. The first-order chi connectivity index (χ1) is 19.6. The Kier molecular flexibility index (Phi) is 7.16. The molecule has 1 amide bonds. The van der Waals surface area contributed by atoms with Crippen LogP contribution in [0, 0.1) is 5.82 Å². The molecule has 0 radical (unpaired) electrons. The number of pyridine rings is 1. The summed E-state index contributed by atoms with van der Waals surface area (Å²) in [4.78, 5) is 22.0. The van der Waals surface area contributed by atoms with Crippen LogP contribution in [0.1, 0.15) is 65.2 Å². The number of benzene rings is 2. The predicted octanol–water partition coefficient (Wildman–Crippen LogP) is 4.63. The average molecular weight is 545 g/mol. The lowest BCUT2D eigenvalue weighted by Crippen LogP contribution is -2.46. The highest BCUT2D eigenvalue weighted by molar-refractivity contribution is 5.98. The topological polar surface area (TPSA) is 66.9 Å². The minimum atomic E-state index is -0.251. The van der Waals surface area contributed by atoms with E-state index in [4.69, 9.17) is 14.5 Å². The maximum atomic E-state index is 15.2. The molecule has 1 aromatic heterocycles. The standard InChI is InChI=1S/C32H37FN4O3/c33-29-15-21(14-23-3-6-30(35-31(23)29)22-8-12-39-13-9-22)18-36-11-7-27(20-36)40-26-4-5-28-24(16-26)19-37(32(28)38)25-2-1-10-34-17-25/h3-6,14-16,22,25,27,34H,1-2,7-13,17-20H2/t25-,27-/m0/s1. The lowest BCUT2D eigenvalue weighted by atomic mass is 9.95. The van der Waals surface area contributed by atoms with E-state index in [0.717, 1.165) is 105 Å². The van der Waals surface area contributed by atoms with E-state index in [-0.39, 0.29) is 23.9 Å². The fourth-order valence-corrected chi connectivity index (χ4v) is 6.85. The minimum Gasteiger partial charge on any atom is -0.489 e. The molecular weight excluding hydrogens is 507 g/mol. The van der Waals surface area contributed by atoms with Crippen molar-refractivity contribution in [1.29, 1.82) is 0 Å². The molecular formula is C32H37FN4O3. The molecule has 210 valence electrons. The molecule has 0 aliphatic carbocycles. The molecule has 0 bridgehead atoms. The zero-order valence-electron chi connectivity index (χ0n) is 22.9. The fourth-order valence-electron chi connectivity index (χ4n) is 6.85. The first-order valence-electron chi connectivity index (χ1n) is 14.8. The van der Waals surface area contributed by atoms with Crippen LogP contribution < -0.4 is 10.1 Å². The largest absolute Gasteiger partial charge is 0.489 e. The van der Waals surface area contributed by atoms with Crippen molar-refractivity contribution in [2.75, 3.05) is 39.4 Å². The third-order valence-corrected chi connectivity index (χ3v) is 9.03. The van der Waals surface area contributed by atoms with Crippen molar-refractivity contribution in [3.8, 4) is 5.75 Å². The Hall–Kier alpha value is -3.07. The van der Waals surface area contributed by atoms with E-state index in [0.29, 0.717) is 24.5 Å². The van der Waals surface area contributed by atoms with E-state index < -0.39 is 0 Å². The highest BCUT2D eigenvalue weighted by Crippen LogP contribution is 2.32. The summed E-state index contributed by atoms with van der Waals surface area (Å²) in [5.74, 6) is 1.06. The number of hydrogen-bond acceptors (Lipinski definition) is 6. The monoisotopic (exact) mass is 544 g/mol. The number of fused-ring (bicyclic) bond motifs is 2. The van der Waals surface area contributed by atoms with Gasteiger partial charge in [-0.25, -0.2) is 9.37 Å². The molecule has 1 N–H and O–H groups in total. The molecule has 3 aromatic rings. The average Bonchev–Trinajstić information content (AvgIpc) is 3.56. The Bertz CT molecular complexity index is 1400. The van der Waals surface area contributed by atoms with Gasteiger partial charge < -0.3 is 19.7 Å². The highest BCUT2D eigenvalue weighted by atomic mass is 19.1. The number of halogens is 1. The number of piperidine rings is 1. The lowest BCUT2D eigenvalue weighted by Gasteiger charge is -2.31. The van der Waals surface area contributed by atoms with Crippen molar-refractivity contribution in [3.63, 3.8) is 0 Å². The maximum absolute atomic E-state index is 15.2. The van der Waals surface area contributed by atoms with E-state index in [1.54, 1.807) is 6.07 Å². The third-order valence-electron chi connectivity index (χ3n) is 9.03. The normalized spacial score (nSPS) is 24.1. The second-order valence-electron chi connectivity index (χ2n) is 11.8. The lowest BCUT2D eigenvalue weighted by molar-refractivity contribution is 0.0674. The fraction of sp³-hybridized carbons (Fsp3) is 0.500. The molecule has 0 saturated carbocycles. The molecule has 4 aliphatic heterocycles. The summed E-state index contributed by atoms with van der Waals surface area (Å²) in [5.41, 5.74) is 4.25. The summed E-state index contributed by atoms with van der Waals surface area (Å²) in [5, 5.41) is 4.27. The van der Waals surface area contributed by atoms with Gasteiger partial charge in [-0.15, -0.1) is 0 Å². The number of amides is 1. The van der Waals surface area contributed by atoms with Gasteiger partial charge in [-0.3, -0.25) is 9.69 Å². The number of aromatic nitrogens is 1.